The Morgan fingerprint density at radius 1 is 0.697 bits per heavy atom. The van der Waals surface area contributed by atoms with Crippen LogP contribution in [0.15, 0.2) is 85.0 Å². The normalized spacial score (nSPS) is 10.4. The van der Waals surface area contributed by atoms with Crippen LogP contribution < -0.4 is 4.74 Å². The van der Waals surface area contributed by atoms with E-state index < -0.39 is 17.9 Å². The van der Waals surface area contributed by atoms with Crippen molar-refractivity contribution in [3.63, 3.8) is 0 Å². The van der Waals surface area contributed by atoms with E-state index in [1.165, 1.54) is 0 Å². The molecule has 0 amide bonds. The first kappa shape index (κ1) is 23.5. The molecule has 0 fully saturated rings. The average molecular weight is 444 g/mol. The molecule has 168 valence electrons. The van der Waals surface area contributed by atoms with Crippen molar-refractivity contribution in [3.05, 3.63) is 102 Å². The number of rotatable bonds is 8. The van der Waals surface area contributed by atoms with Gasteiger partial charge in [0.05, 0.1) is 5.56 Å². The molecule has 0 unspecified atom stereocenters. The van der Waals surface area contributed by atoms with Gasteiger partial charge in [-0.2, -0.15) is 0 Å². The predicted octanol–water partition coefficient (Wildman–Crippen LogP) is 5.30. The van der Waals surface area contributed by atoms with Gasteiger partial charge in [-0.1, -0.05) is 43.5 Å². The van der Waals surface area contributed by atoms with Crippen LogP contribution in [0.4, 0.5) is 0 Å². The highest BCUT2D eigenvalue weighted by atomic mass is 16.5. The fourth-order valence-corrected chi connectivity index (χ4v) is 2.87. The van der Waals surface area contributed by atoms with Gasteiger partial charge in [0.2, 0.25) is 0 Å². The molecule has 0 aliphatic carbocycles. The molecule has 0 atom stereocenters. The molecular weight excluding hydrogens is 420 g/mol. The van der Waals surface area contributed by atoms with Gasteiger partial charge in [0.15, 0.2) is 0 Å². The lowest BCUT2D eigenvalue weighted by Crippen LogP contribution is -2.09. The molecule has 0 radical (unpaired) electrons. The molecule has 6 nitrogen and oxygen atoms in total. The van der Waals surface area contributed by atoms with Crippen molar-refractivity contribution in [2.75, 3.05) is 0 Å². The lowest BCUT2D eigenvalue weighted by Gasteiger charge is -2.09. The Labute approximate surface area is 192 Å². The van der Waals surface area contributed by atoms with Gasteiger partial charge in [-0.05, 0) is 66.1 Å². The third-order valence-electron chi connectivity index (χ3n) is 4.71. The van der Waals surface area contributed by atoms with Gasteiger partial charge in [-0.15, -0.1) is 0 Å². The number of fused-ring (bicyclic) bond motifs is 1. The molecule has 0 heterocycles. The second-order valence-corrected chi connectivity index (χ2v) is 7.64. The first-order valence-electron chi connectivity index (χ1n) is 10.2. The molecule has 3 aromatic carbocycles. The Kier molecular flexibility index (Phi) is 7.41. The molecular formula is C27H24O6. The van der Waals surface area contributed by atoms with Crippen molar-refractivity contribution < 1.29 is 28.6 Å². The SMILES string of the molecule is C=C(C)C(=O)OCc1ccc(C(=O)Oc2ccc3cc(COC(=O)C(=C)C)ccc3c2)cc1. The summed E-state index contributed by atoms with van der Waals surface area (Å²) in [6, 6.07) is 17.6. The standard InChI is InChI=1S/C27H24O6/c1-17(2)25(28)31-15-19-5-8-21(9-6-19)27(30)33-24-12-11-22-13-20(7-10-23(22)14-24)16-32-26(29)18(3)4/h5-14H,1,3,15-16H2,2,4H3. The minimum absolute atomic E-state index is 0.0973. The second-order valence-electron chi connectivity index (χ2n) is 7.64. The van der Waals surface area contributed by atoms with Crippen LogP contribution >= 0.6 is 0 Å². The Morgan fingerprint density at radius 2 is 1.21 bits per heavy atom. The topological polar surface area (TPSA) is 78.9 Å². The third kappa shape index (κ3) is 6.40. The third-order valence-corrected chi connectivity index (χ3v) is 4.71. The smallest absolute Gasteiger partial charge is 0.343 e. The summed E-state index contributed by atoms with van der Waals surface area (Å²) in [6.45, 7) is 10.5. The van der Waals surface area contributed by atoms with Crippen LogP contribution in [0.3, 0.4) is 0 Å². The summed E-state index contributed by atoms with van der Waals surface area (Å²) in [6.07, 6.45) is 0. The van der Waals surface area contributed by atoms with Crippen LogP contribution in [-0.2, 0) is 32.3 Å². The van der Waals surface area contributed by atoms with Crippen LogP contribution in [-0.4, -0.2) is 17.9 Å². The van der Waals surface area contributed by atoms with Crippen LogP contribution in [0.5, 0.6) is 5.75 Å². The van der Waals surface area contributed by atoms with Gasteiger partial charge in [0.25, 0.3) is 0 Å². The number of hydrogen-bond donors (Lipinski definition) is 0. The molecule has 0 aliphatic heterocycles. The molecule has 0 saturated carbocycles. The van der Waals surface area contributed by atoms with E-state index in [0.717, 1.165) is 21.9 Å². The van der Waals surface area contributed by atoms with E-state index in [2.05, 4.69) is 13.2 Å². The summed E-state index contributed by atoms with van der Waals surface area (Å²) in [4.78, 5) is 35.5. The minimum Gasteiger partial charge on any atom is -0.457 e. The van der Waals surface area contributed by atoms with E-state index in [0.29, 0.717) is 22.5 Å². The molecule has 0 saturated heterocycles. The summed E-state index contributed by atoms with van der Waals surface area (Å²) >= 11 is 0. The second kappa shape index (κ2) is 10.4. The van der Waals surface area contributed by atoms with E-state index in [4.69, 9.17) is 14.2 Å². The number of benzene rings is 3. The van der Waals surface area contributed by atoms with E-state index >= 15 is 0 Å². The number of carbonyl (C=O) groups is 3. The summed E-state index contributed by atoms with van der Waals surface area (Å²) in [5.74, 6) is -0.982. The Balaban J connectivity index is 1.62. The summed E-state index contributed by atoms with van der Waals surface area (Å²) in [5.41, 5.74) is 2.64. The quantitative estimate of drug-likeness (QED) is 0.267. The zero-order chi connectivity index (χ0) is 24.0. The van der Waals surface area contributed by atoms with E-state index in [1.54, 1.807) is 50.2 Å². The number of carbonyl (C=O) groups excluding carboxylic acids is 3. The summed E-state index contributed by atoms with van der Waals surface area (Å²) < 4.78 is 15.8. The van der Waals surface area contributed by atoms with Crippen molar-refractivity contribution in [2.24, 2.45) is 0 Å². The van der Waals surface area contributed by atoms with E-state index in [9.17, 15) is 14.4 Å². The fraction of sp³-hybridized carbons (Fsp3) is 0.148. The number of ether oxygens (including phenoxy) is 3. The van der Waals surface area contributed by atoms with Gasteiger partial charge < -0.3 is 14.2 Å². The Morgan fingerprint density at radius 3 is 1.82 bits per heavy atom. The molecule has 0 N–H and O–H groups in total. The highest BCUT2D eigenvalue weighted by Gasteiger charge is 2.11. The molecule has 3 aromatic rings. The molecule has 33 heavy (non-hydrogen) atoms. The molecule has 6 heteroatoms. The van der Waals surface area contributed by atoms with Gasteiger partial charge >= 0.3 is 17.9 Å². The predicted molar refractivity (Wildman–Crippen MR) is 125 cm³/mol. The molecule has 0 aromatic heterocycles. The maximum Gasteiger partial charge on any atom is 0.343 e. The van der Waals surface area contributed by atoms with Crippen LogP contribution in [0.1, 0.15) is 35.3 Å². The summed E-state index contributed by atoms with van der Waals surface area (Å²) in [7, 11) is 0. The van der Waals surface area contributed by atoms with E-state index in [-0.39, 0.29) is 13.2 Å². The maximum atomic E-state index is 12.5. The van der Waals surface area contributed by atoms with Crippen molar-refractivity contribution in [1.82, 2.24) is 0 Å². The van der Waals surface area contributed by atoms with Crippen LogP contribution in [0.2, 0.25) is 0 Å². The van der Waals surface area contributed by atoms with Crippen molar-refractivity contribution in [3.8, 4) is 5.75 Å². The van der Waals surface area contributed by atoms with Crippen molar-refractivity contribution >= 4 is 28.7 Å². The highest BCUT2D eigenvalue weighted by Crippen LogP contribution is 2.23. The van der Waals surface area contributed by atoms with E-state index in [1.807, 2.05) is 24.3 Å². The van der Waals surface area contributed by atoms with Gasteiger partial charge in [-0.3, -0.25) is 0 Å². The van der Waals surface area contributed by atoms with Crippen molar-refractivity contribution in [2.45, 2.75) is 27.1 Å². The monoisotopic (exact) mass is 444 g/mol. The molecule has 0 bridgehead atoms. The van der Waals surface area contributed by atoms with Gasteiger partial charge in [0.1, 0.15) is 19.0 Å². The fourth-order valence-electron chi connectivity index (χ4n) is 2.87. The number of hydrogen-bond acceptors (Lipinski definition) is 6. The van der Waals surface area contributed by atoms with Crippen molar-refractivity contribution in [1.29, 1.82) is 0 Å². The maximum absolute atomic E-state index is 12.5. The molecule has 0 spiro atoms. The van der Waals surface area contributed by atoms with Crippen LogP contribution in [0.25, 0.3) is 10.8 Å². The summed E-state index contributed by atoms with van der Waals surface area (Å²) in [5, 5.41) is 1.80. The molecule has 0 aliphatic rings. The lowest BCUT2D eigenvalue weighted by atomic mass is 10.1. The highest BCUT2D eigenvalue weighted by molar-refractivity contribution is 5.92. The first-order valence-corrected chi connectivity index (χ1v) is 10.2. The van der Waals surface area contributed by atoms with Crippen LogP contribution in [0, 0.1) is 0 Å². The number of esters is 3. The van der Waals surface area contributed by atoms with Gasteiger partial charge in [0, 0.05) is 11.1 Å². The van der Waals surface area contributed by atoms with Gasteiger partial charge in [-0.25, -0.2) is 14.4 Å². The minimum atomic E-state index is -0.497. The Hall–Kier alpha value is -4.19. The average Bonchev–Trinajstić information content (AvgIpc) is 2.80. The largest absolute Gasteiger partial charge is 0.457 e. The zero-order valence-electron chi connectivity index (χ0n) is 18.6. The lowest BCUT2D eigenvalue weighted by molar-refractivity contribution is -0.141. The molecule has 3 rings (SSSR count). The Bertz CT molecular complexity index is 1240. The first-order chi connectivity index (χ1) is 15.7. The zero-order valence-corrected chi connectivity index (χ0v) is 18.6.